The van der Waals surface area contributed by atoms with Crippen LogP contribution < -0.4 is 20.7 Å². The van der Waals surface area contributed by atoms with E-state index in [0.717, 1.165) is 43.5 Å². The second-order valence-corrected chi connectivity index (χ2v) is 8.72. The van der Waals surface area contributed by atoms with Gasteiger partial charge in [-0.1, -0.05) is 25.5 Å². The van der Waals surface area contributed by atoms with E-state index in [9.17, 15) is 9.90 Å². The smallest absolute Gasteiger partial charge is 0.411 e. The van der Waals surface area contributed by atoms with Crippen LogP contribution in [0.2, 0.25) is 0 Å². The lowest BCUT2D eigenvalue weighted by Crippen LogP contribution is -2.23. The Morgan fingerprint density at radius 1 is 1.34 bits per heavy atom. The molecule has 5 N–H and O–H groups in total. The van der Waals surface area contributed by atoms with Crippen molar-refractivity contribution in [1.82, 2.24) is 25.1 Å². The first-order valence-electron chi connectivity index (χ1n) is 12.0. The molecule has 0 bridgehead atoms. The topological polar surface area (TPSA) is 146 Å². The van der Waals surface area contributed by atoms with E-state index in [4.69, 9.17) is 9.84 Å². The number of anilines is 2. The molecule has 2 atom stereocenters. The number of carboxylic acid groups (broad SMARTS) is 1. The first kappa shape index (κ1) is 24.7. The van der Waals surface area contributed by atoms with Gasteiger partial charge in [0.2, 0.25) is 5.95 Å². The van der Waals surface area contributed by atoms with Crippen LogP contribution in [-0.2, 0) is 6.54 Å². The van der Waals surface area contributed by atoms with E-state index in [1.54, 1.807) is 18.0 Å². The molecule has 188 valence electrons. The Morgan fingerprint density at radius 3 is 2.89 bits per heavy atom. The van der Waals surface area contributed by atoms with Crippen LogP contribution >= 0.6 is 0 Å². The third-order valence-electron chi connectivity index (χ3n) is 6.26. The molecule has 35 heavy (non-hydrogen) atoms. The zero-order valence-corrected chi connectivity index (χ0v) is 20.1. The fourth-order valence-corrected chi connectivity index (χ4v) is 4.60. The van der Waals surface area contributed by atoms with Crippen molar-refractivity contribution in [2.45, 2.75) is 57.7 Å². The maximum absolute atomic E-state index is 11.2. The number of ether oxygens (including phenoxy) is 1. The molecular weight excluding hydrogens is 450 g/mol. The molecule has 11 nitrogen and oxygen atoms in total. The Labute approximate surface area is 203 Å². The highest BCUT2D eigenvalue weighted by Gasteiger charge is 2.20. The van der Waals surface area contributed by atoms with E-state index in [-0.39, 0.29) is 18.6 Å². The molecule has 1 amide bonds. The van der Waals surface area contributed by atoms with Crippen molar-refractivity contribution < 1.29 is 19.7 Å². The van der Waals surface area contributed by atoms with E-state index in [0.29, 0.717) is 35.9 Å². The van der Waals surface area contributed by atoms with Gasteiger partial charge >= 0.3 is 6.09 Å². The predicted octanol–water partition coefficient (Wildman–Crippen LogP) is 3.36. The van der Waals surface area contributed by atoms with Gasteiger partial charge in [0.25, 0.3) is 0 Å². The molecule has 11 heteroatoms. The number of carbonyl (C=O) groups is 1. The summed E-state index contributed by atoms with van der Waals surface area (Å²) in [5, 5.41) is 32.3. The Balaban J connectivity index is 1.70. The van der Waals surface area contributed by atoms with E-state index in [1.165, 1.54) is 5.56 Å². The summed E-state index contributed by atoms with van der Waals surface area (Å²) in [6.07, 6.45) is 4.91. The van der Waals surface area contributed by atoms with Crippen molar-refractivity contribution in [2.75, 3.05) is 30.9 Å². The number of hydrogen-bond donors (Lipinski definition) is 5. The predicted molar refractivity (Wildman–Crippen MR) is 133 cm³/mol. The molecule has 0 saturated carbocycles. The number of nitrogens with zero attached hydrogens (tertiary/aromatic N) is 4. The van der Waals surface area contributed by atoms with E-state index in [1.807, 2.05) is 0 Å². The molecule has 0 aliphatic carbocycles. The summed E-state index contributed by atoms with van der Waals surface area (Å²) in [4.78, 5) is 20.0. The van der Waals surface area contributed by atoms with E-state index >= 15 is 0 Å². The van der Waals surface area contributed by atoms with Gasteiger partial charge in [-0.3, -0.25) is 10.00 Å². The average molecular weight is 484 g/mol. The van der Waals surface area contributed by atoms with E-state index < -0.39 is 6.09 Å². The summed E-state index contributed by atoms with van der Waals surface area (Å²) < 4.78 is 7.50. The molecule has 1 aliphatic rings. The Kier molecular flexibility index (Phi) is 7.98. The van der Waals surface area contributed by atoms with Gasteiger partial charge in [0.1, 0.15) is 16.8 Å². The van der Waals surface area contributed by atoms with Crippen LogP contribution in [-0.4, -0.2) is 62.4 Å². The minimum Gasteiger partial charge on any atom is -0.496 e. The van der Waals surface area contributed by atoms with E-state index in [2.05, 4.69) is 56.1 Å². The van der Waals surface area contributed by atoms with Gasteiger partial charge in [-0.05, 0) is 43.9 Å². The Hall–Kier alpha value is -3.44. The van der Waals surface area contributed by atoms with Crippen LogP contribution in [0.15, 0.2) is 24.4 Å². The SMILES string of the molecule is CCCC(CCO)Nc1nc(NC(=O)O)nc2cnn(Cc3ccc(C4CCCN4)cc3OC)c12. The Morgan fingerprint density at radius 2 is 2.20 bits per heavy atom. The number of fused-ring (bicyclic) bond motifs is 1. The summed E-state index contributed by atoms with van der Waals surface area (Å²) in [5.74, 6) is 1.22. The van der Waals surface area contributed by atoms with Crippen molar-refractivity contribution in [2.24, 2.45) is 0 Å². The summed E-state index contributed by atoms with van der Waals surface area (Å²) in [6.45, 7) is 3.55. The number of hydrogen-bond acceptors (Lipinski definition) is 8. The van der Waals surface area contributed by atoms with Gasteiger partial charge in [0.15, 0.2) is 5.82 Å². The zero-order valence-electron chi connectivity index (χ0n) is 20.1. The lowest BCUT2D eigenvalue weighted by atomic mass is 10.0. The molecule has 4 rings (SSSR count). The number of aliphatic hydroxyl groups excluding tert-OH is 1. The number of amides is 1. The highest BCUT2D eigenvalue weighted by Crippen LogP contribution is 2.30. The standard InChI is InChI=1S/C24H33N7O4/c1-3-5-17(9-11-32)27-22-21-19(28-23(29-22)30-24(33)34)13-26-31(21)14-16-8-7-15(12-20(16)35-2)18-6-4-10-25-18/h7-8,12-13,17-18,25,32H,3-6,9-11,14H2,1-2H3,(H,33,34)(H2,27,28,29,30). The summed E-state index contributed by atoms with van der Waals surface area (Å²) in [7, 11) is 1.66. The fraction of sp³-hybridized carbons (Fsp3) is 0.500. The summed E-state index contributed by atoms with van der Waals surface area (Å²) in [5.41, 5.74) is 3.33. The number of benzene rings is 1. The largest absolute Gasteiger partial charge is 0.496 e. The van der Waals surface area contributed by atoms with Crippen LogP contribution in [0, 0.1) is 0 Å². The number of methoxy groups -OCH3 is 1. The second kappa shape index (κ2) is 11.3. The van der Waals surface area contributed by atoms with Gasteiger partial charge in [0, 0.05) is 24.3 Å². The second-order valence-electron chi connectivity index (χ2n) is 8.72. The molecule has 1 aliphatic heterocycles. The number of rotatable bonds is 11. The third-order valence-corrected chi connectivity index (χ3v) is 6.26. The molecule has 1 fully saturated rings. The molecule has 1 saturated heterocycles. The van der Waals surface area contributed by atoms with Gasteiger partial charge in [-0.15, -0.1) is 0 Å². The normalized spacial score (nSPS) is 16.4. The fourth-order valence-electron chi connectivity index (χ4n) is 4.60. The van der Waals surface area contributed by atoms with Crippen molar-refractivity contribution >= 4 is 28.9 Å². The zero-order chi connectivity index (χ0) is 24.8. The monoisotopic (exact) mass is 483 g/mol. The quantitative estimate of drug-likeness (QED) is 0.277. The molecule has 3 heterocycles. The molecule has 0 spiro atoms. The maximum atomic E-state index is 11.2. The molecule has 2 unspecified atom stereocenters. The van der Waals surface area contributed by atoms with Crippen molar-refractivity contribution in [3.05, 3.63) is 35.5 Å². The third kappa shape index (κ3) is 5.80. The highest BCUT2D eigenvalue weighted by molar-refractivity contribution is 5.89. The summed E-state index contributed by atoms with van der Waals surface area (Å²) in [6, 6.07) is 6.57. The van der Waals surface area contributed by atoms with Crippen molar-refractivity contribution in [3.8, 4) is 5.75 Å². The van der Waals surface area contributed by atoms with Gasteiger partial charge in [0.05, 0.1) is 19.9 Å². The molecule has 0 radical (unpaired) electrons. The maximum Gasteiger partial charge on any atom is 0.411 e. The Bertz CT molecular complexity index is 1150. The lowest BCUT2D eigenvalue weighted by molar-refractivity contribution is 0.209. The molecule has 3 aromatic rings. The highest BCUT2D eigenvalue weighted by atomic mass is 16.5. The lowest BCUT2D eigenvalue weighted by Gasteiger charge is -2.19. The van der Waals surface area contributed by atoms with Crippen LogP contribution in [0.4, 0.5) is 16.6 Å². The van der Waals surface area contributed by atoms with Gasteiger partial charge < -0.3 is 25.6 Å². The van der Waals surface area contributed by atoms with Crippen LogP contribution in [0.1, 0.15) is 56.2 Å². The minimum absolute atomic E-state index is 0.0303. The van der Waals surface area contributed by atoms with Crippen LogP contribution in [0.25, 0.3) is 11.0 Å². The minimum atomic E-state index is -1.25. The van der Waals surface area contributed by atoms with Gasteiger partial charge in [-0.2, -0.15) is 10.1 Å². The molecule has 2 aromatic heterocycles. The van der Waals surface area contributed by atoms with Crippen molar-refractivity contribution in [3.63, 3.8) is 0 Å². The number of aliphatic hydroxyl groups is 1. The first-order chi connectivity index (χ1) is 17.0. The number of nitrogens with one attached hydrogen (secondary N) is 3. The molecular formula is C24H33N7O4. The van der Waals surface area contributed by atoms with Gasteiger partial charge in [-0.25, -0.2) is 9.78 Å². The van der Waals surface area contributed by atoms with Crippen LogP contribution in [0.5, 0.6) is 5.75 Å². The molecule has 1 aromatic carbocycles. The first-order valence-corrected chi connectivity index (χ1v) is 12.0. The van der Waals surface area contributed by atoms with Crippen LogP contribution in [0.3, 0.4) is 0 Å². The average Bonchev–Trinajstić information content (AvgIpc) is 3.50. The van der Waals surface area contributed by atoms with Crippen molar-refractivity contribution in [1.29, 1.82) is 0 Å². The summed E-state index contributed by atoms with van der Waals surface area (Å²) >= 11 is 0. The number of aromatic nitrogens is 4.